The predicted molar refractivity (Wildman–Crippen MR) is 99.0 cm³/mol. The minimum atomic E-state index is -4.40. The molecule has 0 aliphatic rings. The minimum absolute atomic E-state index is 0.192. The lowest BCUT2D eigenvalue weighted by atomic mass is 10.0. The third-order valence-electron chi connectivity index (χ3n) is 3.75. The van der Waals surface area contributed by atoms with Gasteiger partial charge in [0, 0.05) is 18.7 Å². The standard InChI is InChI=1S/C20H21F3N2O3/c1-13(10-15-4-3-5-16(11-15)20(21,22)23)24-19(27)12-28-18-8-6-17(7-9-18)25-14(2)26/h3-9,11,13H,10,12H2,1-2H3,(H,24,27)(H,25,26)/t13-/m1/s1. The van der Waals surface area contributed by atoms with Gasteiger partial charge in [0.2, 0.25) is 5.91 Å². The minimum Gasteiger partial charge on any atom is -0.484 e. The highest BCUT2D eigenvalue weighted by Gasteiger charge is 2.30. The van der Waals surface area contributed by atoms with Crippen molar-refractivity contribution in [2.75, 3.05) is 11.9 Å². The van der Waals surface area contributed by atoms with Gasteiger partial charge in [0.05, 0.1) is 5.56 Å². The number of nitrogens with one attached hydrogen (secondary N) is 2. The van der Waals surface area contributed by atoms with E-state index in [1.165, 1.54) is 13.0 Å². The predicted octanol–water partition coefficient (Wildman–Crippen LogP) is 3.79. The van der Waals surface area contributed by atoms with Crippen LogP contribution in [0.15, 0.2) is 48.5 Å². The van der Waals surface area contributed by atoms with Crippen molar-refractivity contribution in [1.29, 1.82) is 0 Å². The molecule has 0 saturated carbocycles. The lowest BCUT2D eigenvalue weighted by molar-refractivity contribution is -0.137. The lowest BCUT2D eigenvalue weighted by Crippen LogP contribution is -2.37. The van der Waals surface area contributed by atoms with Crippen molar-refractivity contribution in [2.24, 2.45) is 0 Å². The molecule has 0 unspecified atom stereocenters. The van der Waals surface area contributed by atoms with Gasteiger partial charge in [-0.2, -0.15) is 13.2 Å². The van der Waals surface area contributed by atoms with Gasteiger partial charge in [-0.15, -0.1) is 0 Å². The molecule has 2 amide bonds. The third-order valence-corrected chi connectivity index (χ3v) is 3.75. The summed E-state index contributed by atoms with van der Waals surface area (Å²) in [4.78, 5) is 22.9. The molecule has 0 radical (unpaired) electrons. The average Bonchev–Trinajstić information content (AvgIpc) is 2.60. The van der Waals surface area contributed by atoms with Gasteiger partial charge in [-0.05, 0) is 49.2 Å². The monoisotopic (exact) mass is 394 g/mol. The van der Waals surface area contributed by atoms with Crippen LogP contribution in [-0.4, -0.2) is 24.5 Å². The Balaban J connectivity index is 1.82. The third kappa shape index (κ3) is 6.94. The molecule has 0 aliphatic carbocycles. The number of carbonyl (C=O) groups excluding carboxylic acids is 2. The average molecular weight is 394 g/mol. The SMILES string of the molecule is CC(=O)Nc1ccc(OCC(=O)N[C@H](C)Cc2cccc(C(F)(F)F)c2)cc1. The van der Waals surface area contributed by atoms with Crippen LogP contribution in [0.25, 0.3) is 0 Å². The van der Waals surface area contributed by atoms with Crippen LogP contribution in [-0.2, 0) is 22.2 Å². The summed E-state index contributed by atoms with van der Waals surface area (Å²) in [6.07, 6.45) is -4.13. The molecular formula is C20H21F3N2O3. The number of anilines is 1. The van der Waals surface area contributed by atoms with Crippen molar-refractivity contribution in [3.63, 3.8) is 0 Å². The van der Waals surface area contributed by atoms with Crippen LogP contribution >= 0.6 is 0 Å². The number of benzene rings is 2. The summed E-state index contributed by atoms with van der Waals surface area (Å²) in [6, 6.07) is 11.2. The van der Waals surface area contributed by atoms with Crippen LogP contribution in [0.1, 0.15) is 25.0 Å². The highest BCUT2D eigenvalue weighted by atomic mass is 19.4. The highest BCUT2D eigenvalue weighted by Crippen LogP contribution is 2.29. The van der Waals surface area contributed by atoms with Gasteiger partial charge in [-0.25, -0.2) is 0 Å². The molecule has 1 atom stereocenters. The Labute approximate surface area is 160 Å². The van der Waals surface area contributed by atoms with Crippen LogP contribution in [0.3, 0.4) is 0 Å². The van der Waals surface area contributed by atoms with Crippen LogP contribution in [0.4, 0.5) is 18.9 Å². The number of hydrogen-bond donors (Lipinski definition) is 2. The zero-order valence-corrected chi connectivity index (χ0v) is 15.5. The Morgan fingerprint density at radius 3 is 2.39 bits per heavy atom. The summed E-state index contributed by atoms with van der Waals surface area (Å²) in [5.41, 5.74) is 0.380. The number of alkyl halides is 3. The molecule has 2 aromatic rings. The van der Waals surface area contributed by atoms with Crippen molar-refractivity contribution in [3.05, 3.63) is 59.7 Å². The Bertz CT molecular complexity index is 820. The number of halogens is 3. The smallest absolute Gasteiger partial charge is 0.416 e. The van der Waals surface area contributed by atoms with Crippen LogP contribution in [0.2, 0.25) is 0 Å². The van der Waals surface area contributed by atoms with Crippen molar-refractivity contribution in [1.82, 2.24) is 5.32 Å². The molecule has 0 saturated heterocycles. The Hall–Kier alpha value is -3.03. The van der Waals surface area contributed by atoms with Crippen LogP contribution < -0.4 is 15.4 Å². The van der Waals surface area contributed by atoms with Gasteiger partial charge in [0.1, 0.15) is 5.75 Å². The lowest BCUT2D eigenvalue weighted by Gasteiger charge is -2.15. The number of carbonyl (C=O) groups is 2. The second-order valence-electron chi connectivity index (χ2n) is 6.37. The topological polar surface area (TPSA) is 67.4 Å². The molecule has 2 rings (SSSR count). The first kappa shape index (κ1) is 21.3. The van der Waals surface area contributed by atoms with Crippen molar-refractivity contribution in [3.8, 4) is 5.75 Å². The van der Waals surface area contributed by atoms with Gasteiger partial charge in [0.25, 0.3) is 5.91 Å². The Morgan fingerprint density at radius 1 is 1.11 bits per heavy atom. The van der Waals surface area contributed by atoms with E-state index in [0.717, 1.165) is 12.1 Å². The van der Waals surface area contributed by atoms with Crippen molar-refractivity contribution in [2.45, 2.75) is 32.5 Å². The second kappa shape index (κ2) is 9.25. The fourth-order valence-electron chi connectivity index (χ4n) is 2.58. The Kier molecular flexibility index (Phi) is 7.03. The molecule has 2 N–H and O–H groups in total. The highest BCUT2D eigenvalue weighted by molar-refractivity contribution is 5.88. The number of rotatable bonds is 7. The van der Waals surface area contributed by atoms with E-state index >= 15 is 0 Å². The zero-order chi connectivity index (χ0) is 20.7. The first-order chi connectivity index (χ1) is 13.1. The first-order valence-corrected chi connectivity index (χ1v) is 8.59. The van der Waals surface area contributed by atoms with E-state index in [1.807, 2.05) is 0 Å². The number of hydrogen-bond acceptors (Lipinski definition) is 3. The van der Waals surface area contributed by atoms with E-state index in [-0.39, 0.29) is 30.9 Å². The van der Waals surface area contributed by atoms with Gasteiger partial charge < -0.3 is 15.4 Å². The first-order valence-electron chi connectivity index (χ1n) is 8.59. The van der Waals surface area contributed by atoms with E-state index in [9.17, 15) is 22.8 Å². The van der Waals surface area contributed by atoms with Gasteiger partial charge in [0.15, 0.2) is 6.61 Å². The van der Waals surface area contributed by atoms with Gasteiger partial charge in [-0.3, -0.25) is 9.59 Å². The van der Waals surface area contributed by atoms with E-state index < -0.39 is 11.7 Å². The van der Waals surface area contributed by atoms with Crippen molar-refractivity contribution >= 4 is 17.5 Å². The van der Waals surface area contributed by atoms with Crippen LogP contribution in [0.5, 0.6) is 5.75 Å². The summed E-state index contributed by atoms with van der Waals surface area (Å²) in [6.45, 7) is 2.88. The largest absolute Gasteiger partial charge is 0.484 e. The fraction of sp³-hybridized carbons (Fsp3) is 0.300. The van der Waals surface area contributed by atoms with Crippen molar-refractivity contribution < 1.29 is 27.5 Å². The van der Waals surface area contributed by atoms with Crippen LogP contribution in [0, 0.1) is 0 Å². The molecular weight excluding hydrogens is 373 g/mol. The molecule has 0 bridgehead atoms. The quantitative estimate of drug-likeness (QED) is 0.751. The number of amides is 2. The summed E-state index contributed by atoms with van der Waals surface area (Å²) in [5.74, 6) is -0.122. The fourth-order valence-corrected chi connectivity index (χ4v) is 2.58. The summed E-state index contributed by atoms with van der Waals surface area (Å²) in [7, 11) is 0. The van der Waals surface area contributed by atoms with E-state index in [4.69, 9.17) is 4.74 Å². The van der Waals surface area contributed by atoms with E-state index in [1.54, 1.807) is 37.3 Å². The second-order valence-corrected chi connectivity index (χ2v) is 6.37. The maximum Gasteiger partial charge on any atom is 0.416 e. The van der Waals surface area contributed by atoms with E-state index in [0.29, 0.717) is 17.0 Å². The summed E-state index contributed by atoms with van der Waals surface area (Å²) in [5, 5.41) is 5.31. The Morgan fingerprint density at radius 2 is 1.79 bits per heavy atom. The summed E-state index contributed by atoms with van der Waals surface area (Å²) < 4.78 is 43.6. The van der Waals surface area contributed by atoms with E-state index in [2.05, 4.69) is 10.6 Å². The maximum atomic E-state index is 12.8. The molecule has 2 aromatic carbocycles. The normalized spacial score (nSPS) is 12.2. The van der Waals surface area contributed by atoms with Gasteiger partial charge in [-0.1, -0.05) is 18.2 Å². The maximum absolute atomic E-state index is 12.8. The molecule has 0 heterocycles. The number of ether oxygens (including phenoxy) is 1. The molecule has 5 nitrogen and oxygen atoms in total. The summed E-state index contributed by atoms with van der Waals surface area (Å²) >= 11 is 0. The molecule has 0 aliphatic heterocycles. The zero-order valence-electron chi connectivity index (χ0n) is 15.5. The molecule has 28 heavy (non-hydrogen) atoms. The molecule has 150 valence electrons. The molecule has 8 heteroatoms. The van der Waals surface area contributed by atoms with Gasteiger partial charge >= 0.3 is 6.18 Å². The molecule has 0 spiro atoms. The molecule has 0 fully saturated rings. The molecule has 0 aromatic heterocycles.